The lowest BCUT2D eigenvalue weighted by Crippen LogP contribution is -2.31. The van der Waals surface area contributed by atoms with Gasteiger partial charge in [-0.3, -0.25) is 4.31 Å². The van der Waals surface area contributed by atoms with E-state index in [0.717, 1.165) is 5.56 Å². The van der Waals surface area contributed by atoms with Crippen LogP contribution in [0.25, 0.3) is 0 Å². The number of sulfonamides is 1. The van der Waals surface area contributed by atoms with Crippen molar-refractivity contribution in [2.75, 3.05) is 18.0 Å². The molecule has 0 aliphatic carbocycles. The molecule has 0 aliphatic rings. The van der Waals surface area contributed by atoms with Crippen molar-refractivity contribution >= 4 is 50.5 Å². The summed E-state index contributed by atoms with van der Waals surface area (Å²) in [5.41, 5.74) is 1.27. The highest BCUT2D eigenvalue weighted by molar-refractivity contribution is 7.93. The molecule has 2 rings (SSSR count). The van der Waals surface area contributed by atoms with Crippen LogP contribution in [0.4, 0.5) is 5.69 Å². The molecule has 0 N–H and O–H groups in total. The third-order valence-electron chi connectivity index (χ3n) is 3.53. The van der Waals surface area contributed by atoms with Crippen LogP contribution in [-0.2, 0) is 10.0 Å². The number of aryl methyl sites for hydroxylation is 1. The van der Waals surface area contributed by atoms with Gasteiger partial charge < -0.3 is 4.74 Å². The van der Waals surface area contributed by atoms with Crippen LogP contribution >= 0.6 is 34.8 Å². The van der Waals surface area contributed by atoms with Gasteiger partial charge in [0.15, 0.2) is 0 Å². The third-order valence-corrected chi connectivity index (χ3v) is 6.67. The Hall–Kier alpha value is -1.14. The zero-order chi connectivity index (χ0) is 18.1. The Kier molecular flexibility index (Phi) is 5.91. The first-order valence-corrected chi connectivity index (χ1v) is 9.62. The number of hydrogen-bond donors (Lipinski definition) is 0. The highest BCUT2D eigenvalue weighted by atomic mass is 35.5. The minimum atomic E-state index is -3.92. The van der Waals surface area contributed by atoms with Gasteiger partial charge in [0.1, 0.15) is 15.7 Å². The van der Waals surface area contributed by atoms with Crippen LogP contribution in [0.2, 0.25) is 15.1 Å². The molecule has 0 fully saturated rings. The largest absolute Gasteiger partial charge is 0.495 e. The minimum Gasteiger partial charge on any atom is -0.495 e. The molecule has 0 aromatic heterocycles. The maximum absolute atomic E-state index is 13.1. The average Bonchev–Trinajstić information content (AvgIpc) is 2.53. The highest BCUT2D eigenvalue weighted by Crippen LogP contribution is 2.39. The van der Waals surface area contributed by atoms with E-state index in [1.165, 1.54) is 23.5 Å². The summed E-state index contributed by atoms with van der Waals surface area (Å²) in [7, 11) is -2.49. The van der Waals surface area contributed by atoms with E-state index in [4.69, 9.17) is 39.5 Å². The molecule has 130 valence electrons. The molecule has 2 aromatic rings. The number of ether oxygens (including phenoxy) is 1. The number of methoxy groups -OCH3 is 1. The quantitative estimate of drug-likeness (QED) is 0.685. The van der Waals surface area contributed by atoms with Crippen molar-refractivity contribution in [3.8, 4) is 5.75 Å². The summed E-state index contributed by atoms with van der Waals surface area (Å²) in [6, 6.07) is 7.93. The molecule has 0 amide bonds. The summed E-state index contributed by atoms with van der Waals surface area (Å²) < 4.78 is 32.5. The molecule has 0 unspecified atom stereocenters. The Morgan fingerprint density at radius 1 is 1.08 bits per heavy atom. The van der Waals surface area contributed by atoms with Gasteiger partial charge in [0.2, 0.25) is 0 Å². The molecule has 4 nitrogen and oxygen atoms in total. The Balaban J connectivity index is 2.64. The zero-order valence-corrected chi connectivity index (χ0v) is 16.4. The molecule has 0 saturated heterocycles. The van der Waals surface area contributed by atoms with Crippen LogP contribution in [0, 0.1) is 6.92 Å². The lowest BCUT2D eigenvalue weighted by Gasteiger charge is -2.25. The van der Waals surface area contributed by atoms with E-state index in [1.807, 2.05) is 6.92 Å². The molecule has 0 aliphatic heterocycles. The number of halogens is 3. The number of anilines is 1. The second-order valence-electron chi connectivity index (χ2n) is 4.99. The fourth-order valence-electron chi connectivity index (χ4n) is 2.31. The number of benzene rings is 2. The Morgan fingerprint density at radius 2 is 1.75 bits per heavy atom. The van der Waals surface area contributed by atoms with E-state index in [2.05, 4.69) is 0 Å². The molecule has 0 spiro atoms. The summed E-state index contributed by atoms with van der Waals surface area (Å²) >= 11 is 18.3. The summed E-state index contributed by atoms with van der Waals surface area (Å²) in [6.07, 6.45) is 0. The molecule has 0 atom stereocenters. The summed E-state index contributed by atoms with van der Waals surface area (Å²) in [5, 5.41) is 0.427. The second kappa shape index (κ2) is 7.40. The van der Waals surface area contributed by atoms with E-state index >= 15 is 0 Å². The normalized spacial score (nSPS) is 11.4. The summed E-state index contributed by atoms with van der Waals surface area (Å²) in [5.74, 6) is 0.308. The van der Waals surface area contributed by atoms with Crippen molar-refractivity contribution in [1.82, 2.24) is 0 Å². The first-order chi connectivity index (χ1) is 11.2. The standard InChI is InChI=1S/C16H16Cl3NO3S/c1-4-20(12-9-11(17)6-5-10(12)2)24(21,22)14-8-7-13(23-3)15(18)16(14)19/h5-9H,4H2,1-3H3. The maximum atomic E-state index is 13.1. The van der Waals surface area contributed by atoms with Gasteiger partial charge in [0.05, 0.1) is 17.8 Å². The summed E-state index contributed by atoms with van der Waals surface area (Å²) in [4.78, 5) is -0.0869. The van der Waals surface area contributed by atoms with Crippen LogP contribution in [0.5, 0.6) is 5.75 Å². The number of rotatable bonds is 5. The fourth-order valence-corrected chi connectivity index (χ4v) is 4.83. The molecule has 24 heavy (non-hydrogen) atoms. The molecule has 2 aromatic carbocycles. The Morgan fingerprint density at radius 3 is 2.33 bits per heavy atom. The molecule has 0 radical (unpaired) electrons. The third kappa shape index (κ3) is 3.45. The summed E-state index contributed by atoms with van der Waals surface area (Å²) in [6.45, 7) is 3.76. The molecular formula is C16H16Cl3NO3S. The monoisotopic (exact) mass is 407 g/mol. The molecule has 0 bridgehead atoms. The number of hydrogen-bond acceptors (Lipinski definition) is 3. The van der Waals surface area contributed by atoms with Crippen LogP contribution < -0.4 is 9.04 Å². The van der Waals surface area contributed by atoms with Gasteiger partial charge in [-0.2, -0.15) is 0 Å². The SMILES string of the molecule is CCN(c1cc(Cl)ccc1C)S(=O)(=O)c1ccc(OC)c(Cl)c1Cl. The van der Waals surface area contributed by atoms with Gasteiger partial charge in [-0.1, -0.05) is 40.9 Å². The Bertz CT molecular complexity index is 869. The van der Waals surface area contributed by atoms with Gasteiger partial charge in [-0.15, -0.1) is 0 Å². The smallest absolute Gasteiger partial charge is 0.265 e. The average molecular weight is 409 g/mol. The van der Waals surface area contributed by atoms with Gasteiger partial charge in [0, 0.05) is 11.6 Å². The van der Waals surface area contributed by atoms with Crippen molar-refractivity contribution < 1.29 is 13.2 Å². The topological polar surface area (TPSA) is 46.6 Å². The lowest BCUT2D eigenvalue weighted by molar-refractivity contribution is 0.414. The van der Waals surface area contributed by atoms with Crippen molar-refractivity contribution in [3.05, 3.63) is 51.0 Å². The maximum Gasteiger partial charge on any atom is 0.265 e. The lowest BCUT2D eigenvalue weighted by atomic mass is 10.2. The Labute approximate surface area is 156 Å². The van der Waals surface area contributed by atoms with Gasteiger partial charge in [-0.05, 0) is 43.7 Å². The minimum absolute atomic E-state index is 0.0547. The zero-order valence-electron chi connectivity index (χ0n) is 13.3. The van der Waals surface area contributed by atoms with Crippen LogP contribution in [-0.4, -0.2) is 22.1 Å². The van der Waals surface area contributed by atoms with E-state index in [1.54, 1.807) is 25.1 Å². The van der Waals surface area contributed by atoms with Crippen LogP contribution in [0.3, 0.4) is 0 Å². The van der Waals surface area contributed by atoms with Gasteiger partial charge in [0.25, 0.3) is 10.0 Å². The number of nitrogens with zero attached hydrogens (tertiary/aromatic N) is 1. The van der Waals surface area contributed by atoms with Crippen LogP contribution in [0.15, 0.2) is 35.2 Å². The highest BCUT2D eigenvalue weighted by Gasteiger charge is 2.29. The molecule has 0 heterocycles. The second-order valence-corrected chi connectivity index (χ2v) is 8.02. The van der Waals surface area contributed by atoms with Crippen LogP contribution in [0.1, 0.15) is 12.5 Å². The van der Waals surface area contributed by atoms with Crippen molar-refractivity contribution in [2.24, 2.45) is 0 Å². The van der Waals surface area contributed by atoms with E-state index < -0.39 is 10.0 Å². The van der Waals surface area contributed by atoms with Crippen molar-refractivity contribution in [2.45, 2.75) is 18.7 Å². The first kappa shape index (κ1) is 19.2. The van der Waals surface area contributed by atoms with Gasteiger partial charge in [-0.25, -0.2) is 8.42 Å². The first-order valence-electron chi connectivity index (χ1n) is 7.05. The van der Waals surface area contributed by atoms with Gasteiger partial charge >= 0.3 is 0 Å². The van der Waals surface area contributed by atoms with E-state index in [9.17, 15) is 8.42 Å². The van der Waals surface area contributed by atoms with E-state index in [0.29, 0.717) is 16.5 Å². The van der Waals surface area contributed by atoms with Crippen molar-refractivity contribution in [3.63, 3.8) is 0 Å². The molecule has 8 heteroatoms. The van der Waals surface area contributed by atoms with Crippen molar-refractivity contribution in [1.29, 1.82) is 0 Å². The molecular weight excluding hydrogens is 393 g/mol. The predicted molar refractivity (Wildman–Crippen MR) is 99.4 cm³/mol. The molecule has 0 saturated carbocycles. The predicted octanol–water partition coefficient (Wildman–Crippen LogP) is 5.18. The fraction of sp³-hybridized carbons (Fsp3) is 0.250. The van der Waals surface area contributed by atoms with E-state index in [-0.39, 0.29) is 21.5 Å².